The van der Waals surface area contributed by atoms with Crippen LogP contribution >= 0.6 is 11.6 Å². The van der Waals surface area contributed by atoms with Gasteiger partial charge in [0.25, 0.3) is 5.91 Å². The van der Waals surface area contributed by atoms with Gasteiger partial charge in [-0.2, -0.15) is 0 Å². The summed E-state index contributed by atoms with van der Waals surface area (Å²) in [5, 5.41) is 4.37. The van der Waals surface area contributed by atoms with E-state index in [0.717, 1.165) is 23.9 Å². The lowest BCUT2D eigenvalue weighted by Crippen LogP contribution is -2.45. The number of nitrogens with zero attached hydrogens (tertiary/aromatic N) is 2. The average Bonchev–Trinajstić information content (AvgIpc) is 3.06. The summed E-state index contributed by atoms with van der Waals surface area (Å²) in [4.78, 5) is 31.1. The summed E-state index contributed by atoms with van der Waals surface area (Å²) < 4.78 is 5.47. The first-order valence-corrected chi connectivity index (χ1v) is 9.86. The van der Waals surface area contributed by atoms with Crippen molar-refractivity contribution in [2.75, 3.05) is 13.1 Å². The molecule has 0 radical (unpaired) electrons. The molecular formula is C21H26ClN3O3. The van der Waals surface area contributed by atoms with E-state index in [-0.39, 0.29) is 18.0 Å². The van der Waals surface area contributed by atoms with Gasteiger partial charge in [-0.1, -0.05) is 17.7 Å². The van der Waals surface area contributed by atoms with Gasteiger partial charge < -0.3 is 15.0 Å². The number of aromatic nitrogens is 1. The van der Waals surface area contributed by atoms with E-state index in [1.54, 1.807) is 23.1 Å². The van der Waals surface area contributed by atoms with E-state index in [4.69, 9.17) is 16.3 Å². The number of ether oxygens (including phenoxy) is 1. The predicted octanol–water partition coefficient (Wildman–Crippen LogP) is 4.33. The van der Waals surface area contributed by atoms with Crippen molar-refractivity contribution in [2.24, 2.45) is 0 Å². The van der Waals surface area contributed by atoms with E-state index in [2.05, 4.69) is 10.3 Å². The molecule has 3 rings (SSSR count). The molecule has 150 valence electrons. The number of rotatable bonds is 3. The number of amides is 2. The number of benzene rings is 1. The largest absolute Gasteiger partial charge is 0.444 e. The van der Waals surface area contributed by atoms with Gasteiger partial charge in [0.05, 0.1) is 16.6 Å². The molecule has 1 aromatic carbocycles. The molecular weight excluding hydrogens is 378 g/mol. The number of carbonyl (C=O) groups excluding carboxylic acids is 2. The topological polar surface area (TPSA) is 71.5 Å². The predicted molar refractivity (Wildman–Crippen MR) is 110 cm³/mol. The van der Waals surface area contributed by atoms with Crippen molar-refractivity contribution in [3.63, 3.8) is 0 Å². The van der Waals surface area contributed by atoms with Crippen LogP contribution in [-0.2, 0) is 4.74 Å². The molecule has 0 bridgehead atoms. The van der Waals surface area contributed by atoms with Gasteiger partial charge in [-0.05, 0) is 58.7 Å². The van der Waals surface area contributed by atoms with Gasteiger partial charge in [0.1, 0.15) is 5.60 Å². The Morgan fingerprint density at radius 1 is 1.32 bits per heavy atom. The first kappa shape index (κ1) is 20.4. The third-order valence-electron chi connectivity index (χ3n) is 4.65. The second-order valence-corrected chi connectivity index (χ2v) is 8.56. The number of halogens is 1. The molecule has 28 heavy (non-hydrogen) atoms. The zero-order chi connectivity index (χ0) is 20.5. The maximum Gasteiger partial charge on any atom is 0.410 e. The molecule has 6 nitrogen and oxygen atoms in total. The summed E-state index contributed by atoms with van der Waals surface area (Å²) in [7, 11) is 0. The van der Waals surface area contributed by atoms with Crippen LogP contribution in [-0.4, -0.2) is 46.6 Å². The fraction of sp³-hybridized carbons (Fsp3) is 0.476. The summed E-state index contributed by atoms with van der Waals surface area (Å²) in [6.07, 6.45) is 1.41. The summed E-state index contributed by atoms with van der Waals surface area (Å²) >= 11 is 6.24. The molecule has 0 unspecified atom stereocenters. The van der Waals surface area contributed by atoms with E-state index in [1.807, 2.05) is 33.8 Å². The smallest absolute Gasteiger partial charge is 0.410 e. The SMILES string of the molecule is Cc1cc(Cl)c2ccc(C(=O)NC[C@@H]3CCCN3C(=O)OC(C)(C)C)cc2n1. The Kier molecular flexibility index (Phi) is 5.79. The minimum absolute atomic E-state index is 0.0610. The highest BCUT2D eigenvalue weighted by molar-refractivity contribution is 6.35. The summed E-state index contributed by atoms with van der Waals surface area (Å²) in [6, 6.07) is 7.02. The number of nitrogens with one attached hydrogen (secondary N) is 1. The lowest BCUT2D eigenvalue weighted by atomic mass is 10.1. The van der Waals surface area contributed by atoms with Crippen LogP contribution in [0.3, 0.4) is 0 Å². The van der Waals surface area contributed by atoms with Gasteiger partial charge in [-0.15, -0.1) is 0 Å². The minimum Gasteiger partial charge on any atom is -0.444 e. The first-order valence-electron chi connectivity index (χ1n) is 9.49. The van der Waals surface area contributed by atoms with Crippen molar-refractivity contribution in [2.45, 2.75) is 52.2 Å². The van der Waals surface area contributed by atoms with Crippen molar-refractivity contribution >= 4 is 34.5 Å². The summed E-state index contributed by atoms with van der Waals surface area (Å²) in [6.45, 7) is 8.44. The highest BCUT2D eigenvalue weighted by Crippen LogP contribution is 2.24. The Morgan fingerprint density at radius 2 is 2.07 bits per heavy atom. The molecule has 1 N–H and O–H groups in total. The highest BCUT2D eigenvalue weighted by Gasteiger charge is 2.32. The van der Waals surface area contributed by atoms with Crippen LogP contribution in [0.2, 0.25) is 5.02 Å². The third kappa shape index (κ3) is 4.73. The minimum atomic E-state index is -0.537. The average molecular weight is 404 g/mol. The molecule has 2 aromatic rings. The summed E-state index contributed by atoms with van der Waals surface area (Å²) in [5.74, 6) is -0.197. The normalized spacial score (nSPS) is 17.0. The molecule has 2 heterocycles. The molecule has 1 atom stereocenters. The Bertz CT molecular complexity index is 908. The van der Waals surface area contributed by atoms with Crippen LogP contribution in [0.1, 0.15) is 49.7 Å². The molecule has 0 saturated carbocycles. The third-order valence-corrected chi connectivity index (χ3v) is 4.97. The van der Waals surface area contributed by atoms with Crippen LogP contribution in [0.4, 0.5) is 4.79 Å². The van der Waals surface area contributed by atoms with E-state index in [0.29, 0.717) is 29.2 Å². The van der Waals surface area contributed by atoms with Crippen LogP contribution in [0.5, 0.6) is 0 Å². The quantitative estimate of drug-likeness (QED) is 0.828. The number of fused-ring (bicyclic) bond motifs is 1. The van der Waals surface area contributed by atoms with Gasteiger partial charge in [0.2, 0.25) is 0 Å². The van der Waals surface area contributed by atoms with Gasteiger partial charge in [0, 0.05) is 29.7 Å². The van der Waals surface area contributed by atoms with Crippen molar-refractivity contribution in [3.8, 4) is 0 Å². The second kappa shape index (κ2) is 7.95. The zero-order valence-corrected chi connectivity index (χ0v) is 17.5. The number of aryl methyl sites for hydroxylation is 1. The fourth-order valence-corrected chi connectivity index (χ4v) is 3.69. The monoisotopic (exact) mass is 403 g/mol. The Hall–Kier alpha value is -2.34. The number of pyridine rings is 1. The van der Waals surface area contributed by atoms with Gasteiger partial charge in [-0.25, -0.2) is 4.79 Å². The molecule has 7 heteroatoms. The number of hydrogen-bond acceptors (Lipinski definition) is 4. The maximum atomic E-state index is 12.6. The van der Waals surface area contributed by atoms with Crippen LogP contribution in [0, 0.1) is 6.92 Å². The van der Waals surface area contributed by atoms with Crippen LogP contribution < -0.4 is 5.32 Å². The molecule has 2 amide bonds. The second-order valence-electron chi connectivity index (χ2n) is 8.16. The molecule has 1 aliphatic rings. The van der Waals surface area contributed by atoms with Crippen molar-refractivity contribution in [3.05, 3.63) is 40.5 Å². The Morgan fingerprint density at radius 3 is 2.79 bits per heavy atom. The zero-order valence-electron chi connectivity index (χ0n) is 16.7. The van der Waals surface area contributed by atoms with Crippen LogP contribution in [0.15, 0.2) is 24.3 Å². The molecule has 1 fully saturated rings. The van der Waals surface area contributed by atoms with Gasteiger partial charge >= 0.3 is 6.09 Å². The fourth-order valence-electron chi connectivity index (χ4n) is 3.37. The number of hydrogen-bond donors (Lipinski definition) is 1. The summed E-state index contributed by atoms with van der Waals surface area (Å²) in [5.41, 5.74) is 1.47. The Balaban J connectivity index is 1.66. The van der Waals surface area contributed by atoms with Gasteiger partial charge in [-0.3, -0.25) is 9.78 Å². The maximum absolute atomic E-state index is 12.6. The first-order chi connectivity index (χ1) is 13.1. The molecule has 0 aliphatic carbocycles. The van der Waals surface area contributed by atoms with Gasteiger partial charge in [0.15, 0.2) is 0 Å². The van der Waals surface area contributed by atoms with E-state index in [9.17, 15) is 9.59 Å². The van der Waals surface area contributed by atoms with E-state index < -0.39 is 5.60 Å². The molecule has 1 saturated heterocycles. The van der Waals surface area contributed by atoms with Crippen molar-refractivity contribution in [1.29, 1.82) is 0 Å². The Labute approximate surface area is 170 Å². The molecule has 1 aromatic heterocycles. The molecule has 1 aliphatic heterocycles. The van der Waals surface area contributed by atoms with Crippen molar-refractivity contribution in [1.82, 2.24) is 15.2 Å². The number of likely N-dealkylation sites (tertiary alicyclic amines) is 1. The molecule has 0 spiro atoms. The number of carbonyl (C=O) groups is 2. The lowest BCUT2D eigenvalue weighted by molar-refractivity contribution is 0.0225. The standard InChI is InChI=1S/C21H26ClN3O3/c1-13-10-17(22)16-8-7-14(11-18(16)24-13)19(26)23-12-15-6-5-9-25(15)20(27)28-21(2,3)4/h7-8,10-11,15H,5-6,9,12H2,1-4H3,(H,23,26)/t15-/m0/s1. The van der Waals surface area contributed by atoms with E-state index in [1.165, 1.54) is 0 Å². The van der Waals surface area contributed by atoms with Crippen LogP contribution in [0.25, 0.3) is 10.9 Å². The highest BCUT2D eigenvalue weighted by atomic mass is 35.5. The lowest BCUT2D eigenvalue weighted by Gasteiger charge is -2.28. The van der Waals surface area contributed by atoms with E-state index >= 15 is 0 Å². The van der Waals surface area contributed by atoms with Crippen molar-refractivity contribution < 1.29 is 14.3 Å².